The maximum atomic E-state index is 10.6. The highest BCUT2D eigenvalue weighted by Crippen LogP contribution is 1.96. The fourth-order valence-electron chi connectivity index (χ4n) is 0.542. The number of carbonyl (C=O) groups excluding carboxylic acids is 1. The molecule has 0 aromatic rings. The zero-order chi connectivity index (χ0) is 6.69. The van der Waals surface area contributed by atoms with Gasteiger partial charge in [-0.2, -0.15) is 0 Å². The Kier molecular flexibility index (Phi) is 1.75. The summed E-state index contributed by atoms with van der Waals surface area (Å²) in [6.45, 7) is -0.278. The van der Waals surface area contributed by atoms with E-state index in [1.807, 2.05) is 0 Å². The van der Waals surface area contributed by atoms with Crippen molar-refractivity contribution in [2.45, 2.75) is 0 Å². The summed E-state index contributed by atoms with van der Waals surface area (Å²) in [5.74, 6) is -0.208. The number of aliphatic imine (C=N–C) groups is 1. The third-order valence-corrected chi connectivity index (χ3v) is 0.998. The molecule has 0 fully saturated rings. The van der Waals surface area contributed by atoms with Gasteiger partial charge in [-0.1, -0.05) is 6.08 Å². The van der Waals surface area contributed by atoms with Gasteiger partial charge in [0, 0.05) is 6.20 Å². The summed E-state index contributed by atoms with van der Waals surface area (Å²) >= 11 is 0. The molecule has 1 aliphatic heterocycles. The molecular formula is C6H6NO2. The largest absolute Gasteiger partial charge is 0.390 e. The number of aliphatic hydroxyl groups is 1. The van der Waals surface area contributed by atoms with Crippen molar-refractivity contribution in [1.29, 1.82) is 0 Å². The maximum Gasteiger partial charge on any atom is 0.187 e. The Morgan fingerprint density at radius 3 is 2.89 bits per heavy atom. The number of carbonyl (C=O) groups is 1. The molecule has 0 saturated heterocycles. The number of rotatable bonds is 1. The van der Waals surface area contributed by atoms with Crippen LogP contribution in [0.15, 0.2) is 17.3 Å². The number of allylic oxidation sites excluding steroid dienone is 1. The molecule has 0 aromatic carbocycles. The zero-order valence-electron chi connectivity index (χ0n) is 4.74. The summed E-state index contributed by atoms with van der Waals surface area (Å²) in [6.07, 6.45) is 4.40. The topological polar surface area (TPSA) is 49.7 Å². The quantitative estimate of drug-likeness (QED) is 0.522. The molecule has 0 atom stereocenters. The molecule has 1 aliphatic rings. The predicted octanol–water partition coefficient (Wildman–Crippen LogP) is -0.280. The van der Waals surface area contributed by atoms with Crippen molar-refractivity contribution in [1.82, 2.24) is 0 Å². The number of aliphatic hydroxyl groups excluding tert-OH is 1. The number of nitrogens with zero attached hydrogens (tertiary/aromatic N) is 1. The molecule has 1 radical (unpaired) electrons. The van der Waals surface area contributed by atoms with E-state index >= 15 is 0 Å². The summed E-state index contributed by atoms with van der Waals surface area (Å²) in [4.78, 5) is 14.3. The minimum atomic E-state index is -0.278. The van der Waals surface area contributed by atoms with Crippen LogP contribution in [-0.4, -0.2) is 23.2 Å². The van der Waals surface area contributed by atoms with E-state index in [2.05, 4.69) is 4.99 Å². The van der Waals surface area contributed by atoms with E-state index in [9.17, 15) is 4.79 Å². The van der Waals surface area contributed by atoms with Gasteiger partial charge in [0.05, 0.1) is 13.0 Å². The van der Waals surface area contributed by atoms with Crippen molar-refractivity contribution >= 4 is 11.5 Å². The Bertz CT molecular complexity index is 181. The second-order valence-electron chi connectivity index (χ2n) is 1.61. The highest BCUT2D eigenvalue weighted by molar-refractivity contribution is 6.44. The summed E-state index contributed by atoms with van der Waals surface area (Å²) < 4.78 is 0. The minimum Gasteiger partial charge on any atom is -0.390 e. The van der Waals surface area contributed by atoms with Gasteiger partial charge < -0.3 is 5.11 Å². The lowest BCUT2D eigenvalue weighted by atomic mass is 10.1. The molecule has 0 unspecified atom stereocenters. The first-order valence-electron chi connectivity index (χ1n) is 2.56. The minimum absolute atomic E-state index is 0.206. The second kappa shape index (κ2) is 2.55. The summed E-state index contributed by atoms with van der Waals surface area (Å²) in [5.41, 5.74) is 0.206. The standard InChI is InChI=1S/C6H6NO2/c8-4-5-6(9)2-1-3-7-5/h1-3,8H,4H2. The molecule has 0 saturated carbocycles. The lowest BCUT2D eigenvalue weighted by Crippen LogP contribution is -2.19. The normalized spacial score (nSPS) is 17.9. The number of hydrogen-bond donors (Lipinski definition) is 1. The first-order valence-corrected chi connectivity index (χ1v) is 2.56. The monoisotopic (exact) mass is 124 g/mol. The van der Waals surface area contributed by atoms with Crippen LogP contribution < -0.4 is 0 Å². The molecule has 9 heavy (non-hydrogen) atoms. The van der Waals surface area contributed by atoms with Crippen molar-refractivity contribution in [2.24, 2.45) is 4.99 Å². The average molecular weight is 124 g/mol. The van der Waals surface area contributed by atoms with E-state index in [1.54, 1.807) is 6.08 Å². The molecule has 1 N–H and O–H groups in total. The highest BCUT2D eigenvalue weighted by atomic mass is 16.3. The molecular weight excluding hydrogens is 118 g/mol. The maximum absolute atomic E-state index is 10.6. The first kappa shape index (κ1) is 6.16. The number of hydrogen-bond acceptors (Lipinski definition) is 3. The van der Waals surface area contributed by atoms with E-state index in [4.69, 9.17) is 5.11 Å². The Labute approximate surface area is 52.7 Å². The third kappa shape index (κ3) is 1.23. The predicted molar refractivity (Wildman–Crippen MR) is 33.0 cm³/mol. The average Bonchev–Trinajstić information content (AvgIpc) is 1.89. The molecule has 0 amide bonds. The Morgan fingerprint density at radius 2 is 2.44 bits per heavy atom. The fourth-order valence-corrected chi connectivity index (χ4v) is 0.542. The van der Waals surface area contributed by atoms with Crippen molar-refractivity contribution in [2.75, 3.05) is 6.61 Å². The van der Waals surface area contributed by atoms with Crippen LogP contribution in [0.1, 0.15) is 0 Å². The van der Waals surface area contributed by atoms with Crippen molar-refractivity contribution in [3.8, 4) is 0 Å². The van der Waals surface area contributed by atoms with Crippen LogP contribution in [0.5, 0.6) is 0 Å². The summed E-state index contributed by atoms with van der Waals surface area (Å²) in [6, 6.07) is 0. The molecule has 1 rings (SSSR count). The van der Waals surface area contributed by atoms with Crippen molar-refractivity contribution < 1.29 is 9.90 Å². The molecule has 3 heteroatoms. The summed E-state index contributed by atoms with van der Waals surface area (Å²) in [5, 5.41) is 8.46. The lowest BCUT2D eigenvalue weighted by Gasteiger charge is -2.00. The van der Waals surface area contributed by atoms with Crippen molar-refractivity contribution in [3.05, 3.63) is 18.7 Å². The van der Waals surface area contributed by atoms with E-state index in [0.717, 1.165) is 0 Å². The first-order chi connectivity index (χ1) is 4.34. The van der Waals surface area contributed by atoms with E-state index in [0.29, 0.717) is 0 Å². The summed E-state index contributed by atoms with van der Waals surface area (Å²) in [7, 11) is 0. The number of ketones is 1. The van der Waals surface area contributed by atoms with Crippen LogP contribution in [0.25, 0.3) is 0 Å². The van der Waals surface area contributed by atoms with E-state index < -0.39 is 0 Å². The third-order valence-electron chi connectivity index (χ3n) is 0.998. The Morgan fingerprint density at radius 1 is 1.67 bits per heavy atom. The number of Topliss-reactive ketones (excluding diaryl/α,β-unsaturated/α-hetero) is 1. The van der Waals surface area contributed by atoms with Gasteiger partial charge in [0.25, 0.3) is 0 Å². The van der Waals surface area contributed by atoms with Gasteiger partial charge in [-0.25, -0.2) is 0 Å². The molecule has 3 nitrogen and oxygen atoms in total. The zero-order valence-corrected chi connectivity index (χ0v) is 4.74. The lowest BCUT2D eigenvalue weighted by molar-refractivity contribution is -0.110. The smallest absolute Gasteiger partial charge is 0.187 e. The van der Waals surface area contributed by atoms with Gasteiger partial charge in [-0.15, -0.1) is 0 Å². The van der Waals surface area contributed by atoms with Crippen molar-refractivity contribution in [3.63, 3.8) is 0 Å². The second-order valence-corrected chi connectivity index (χ2v) is 1.61. The van der Waals surface area contributed by atoms with Gasteiger partial charge in [0.2, 0.25) is 0 Å². The van der Waals surface area contributed by atoms with E-state index in [1.165, 1.54) is 12.6 Å². The molecule has 0 bridgehead atoms. The SMILES string of the molecule is O=C1[CH]C=CN=C1CO. The van der Waals surface area contributed by atoms with Crippen LogP contribution in [-0.2, 0) is 4.79 Å². The molecule has 47 valence electrons. The van der Waals surface area contributed by atoms with Crippen LogP contribution >= 0.6 is 0 Å². The van der Waals surface area contributed by atoms with Gasteiger partial charge in [-0.3, -0.25) is 9.79 Å². The van der Waals surface area contributed by atoms with Gasteiger partial charge in [-0.05, 0) is 0 Å². The van der Waals surface area contributed by atoms with Crippen LogP contribution in [0.4, 0.5) is 0 Å². The van der Waals surface area contributed by atoms with Crippen LogP contribution in [0.2, 0.25) is 0 Å². The van der Waals surface area contributed by atoms with Gasteiger partial charge in [0.1, 0.15) is 5.71 Å². The van der Waals surface area contributed by atoms with Gasteiger partial charge >= 0.3 is 0 Å². The molecule has 0 aliphatic carbocycles. The van der Waals surface area contributed by atoms with E-state index in [-0.39, 0.29) is 18.1 Å². The fraction of sp³-hybridized carbons (Fsp3) is 0.167. The van der Waals surface area contributed by atoms with Crippen LogP contribution in [0.3, 0.4) is 0 Å². The van der Waals surface area contributed by atoms with Gasteiger partial charge in [0.15, 0.2) is 5.78 Å². The molecule has 0 spiro atoms. The molecule has 0 aromatic heterocycles. The Balaban J connectivity index is 2.74. The molecule has 1 heterocycles. The Hall–Kier alpha value is -0.960. The van der Waals surface area contributed by atoms with Crippen LogP contribution in [0, 0.1) is 6.42 Å². The highest BCUT2D eigenvalue weighted by Gasteiger charge is 2.09.